The number of hydrogen-bond donors (Lipinski definition) is 1. The van der Waals surface area contributed by atoms with Crippen LogP contribution in [0.15, 0.2) is 0 Å². The van der Waals surface area contributed by atoms with Gasteiger partial charge in [0.15, 0.2) is 0 Å². The van der Waals surface area contributed by atoms with E-state index >= 15 is 0 Å². The topological polar surface area (TPSA) is 29.3 Å². The van der Waals surface area contributed by atoms with Crippen LogP contribution in [0.4, 0.5) is 0 Å². The largest absolute Gasteiger partial charge is 0.327 e. The van der Waals surface area contributed by atoms with E-state index < -0.39 is 0 Å². The fraction of sp³-hybridized carbons (Fsp3) is 1.00. The fourth-order valence-corrected chi connectivity index (χ4v) is 2.82. The summed E-state index contributed by atoms with van der Waals surface area (Å²) in [6.07, 6.45) is 6.52. The normalized spacial score (nSPS) is 30.9. The molecule has 0 spiro atoms. The van der Waals surface area contributed by atoms with Crippen LogP contribution in [0, 0.1) is 11.8 Å². The van der Waals surface area contributed by atoms with Crippen LogP contribution >= 0.6 is 0 Å². The Morgan fingerprint density at radius 3 is 2.62 bits per heavy atom. The van der Waals surface area contributed by atoms with E-state index in [1.807, 2.05) is 0 Å². The summed E-state index contributed by atoms with van der Waals surface area (Å²) in [5, 5.41) is 0. The SMILES string of the molecule is CCCCN(CC)CC1CC(C)CCC1N. The minimum Gasteiger partial charge on any atom is -0.327 e. The lowest BCUT2D eigenvalue weighted by Gasteiger charge is -2.36. The van der Waals surface area contributed by atoms with Gasteiger partial charge in [-0.2, -0.15) is 0 Å². The van der Waals surface area contributed by atoms with Crippen LogP contribution in [-0.4, -0.2) is 30.6 Å². The molecule has 1 saturated carbocycles. The molecule has 0 aromatic carbocycles. The van der Waals surface area contributed by atoms with Crippen LogP contribution in [0.1, 0.15) is 52.9 Å². The summed E-state index contributed by atoms with van der Waals surface area (Å²) in [5.74, 6) is 1.62. The highest BCUT2D eigenvalue weighted by atomic mass is 15.1. The number of nitrogens with zero attached hydrogens (tertiary/aromatic N) is 1. The van der Waals surface area contributed by atoms with E-state index in [4.69, 9.17) is 5.73 Å². The Morgan fingerprint density at radius 2 is 2.00 bits per heavy atom. The summed E-state index contributed by atoms with van der Waals surface area (Å²) in [7, 11) is 0. The molecule has 2 N–H and O–H groups in total. The zero-order chi connectivity index (χ0) is 12.0. The maximum absolute atomic E-state index is 6.25. The van der Waals surface area contributed by atoms with Crippen LogP contribution in [0.2, 0.25) is 0 Å². The lowest BCUT2D eigenvalue weighted by molar-refractivity contribution is 0.164. The molecule has 0 aromatic heterocycles. The van der Waals surface area contributed by atoms with Gasteiger partial charge in [-0.05, 0) is 50.6 Å². The van der Waals surface area contributed by atoms with E-state index in [0.717, 1.165) is 11.8 Å². The Bertz CT molecular complexity index is 182. The second-order valence-corrected chi connectivity index (χ2v) is 5.59. The molecule has 96 valence electrons. The number of nitrogens with two attached hydrogens (primary N) is 1. The second-order valence-electron chi connectivity index (χ2n) is 5.59. The van der Waals surface area contributed by atoms with Gasteiger partial charge in [0.2, 0.25) is 0 Å². The first-order chi connectivity index (χ1) is 7.67. The molecule has 1 aliphatic rings. The van der Waals surface area contributed by atoms with Crippen molar-refractivity contribution in [3.05, 3.63) is 0 Å². The second kappa shape index (κ2) is 7.29. The Labute approximate surface area is 102 Å². The standard InChI is InChI=1S/C14H30N2/c1-4-6-9-16(5-2)11-13-10-12(3)7-8-14(13)15/h12-14H,4-11,15H2,1-3H3. The van der Waals surface area contributed by atoms with Gasteiger partial charge in [-0.1, -0.05) is 27.2 Å². The maximum Gasteiger partial charge on any atom is 0.00795 e. The molecule has 3 atom stereocenters. The van der Waals surface area contributed by atoms with Gasteiger partial charge in [0.05, 0.1) is 0 Å². The van der Waals surface area contributed by atoms with Gasteiger partial charge in [0.1, 0.15) is 0 Å². The average Bonchev–Trinajstić information content (AvgIpc) is 2.28. The number of rotatable bonds is 6. The van der Waals surface area contributed by atoms with Gasteiger partial charge in [0, 0.05) is 12.6 Å². The highest BCUT2D eigenvalue weighted by molar-refractivity contribution is 4.83. The summed E-state index contributed by atoms with van der Waals surface area (Å²) >= 11 is 0. The van der Waals surface area contributed by atoms with E-state index in [1.165, 1.54) is 51.7 Å². The predicted octanol–water partition coefficient (Wildman–Crippen LogP) is 2.87. The molecular weight excluding hydrogens is 196 g/mol. The van der Waals surface area contributed by atoms with Crippen molar-refractivity contribution in [3.8, 4) is 0 Å². The van der Waals surface area contributed by atoms with Crippen molar-refractivity contribution in [2.24, 2.45) is 17.6 Å². The summed E-state index contributed by atoms with van der Waals surface area (Å²) in [4.78, 5) is 2.59. The van der Waals surface area contributed by atoms with Gasteiger partial charge < -0.3 is 10.6 Å². The Hall–Kier alpha value is -0.0800. The molecule has 0 bridgehead atoms. The van der Waals surface area contributed by atoms with Gasteiger partial charge in [-0.3, -0.25) is 0 Å². The third-order valence-electron chi connectivity index (χ3n) is 4.07. The first-order valence-corrected chi connectivity index (χ1v) is 7.15. The van der Waals surface area contributed by atoms with E-state index in [9.17, 15) is 0 Å². The third-order valence-corrected chi connectivity index (χ3v) is 4.07. The monoisotopic (exact) mass is 226 g/mol. The van der Waals surface area contributed by atoms with E-state index in [-0.39, 0.29) is 0 Å². The van der Waals surface area contributed by atoms with Gasteiger partial charge in [-0.25, -0.2) is 0 Å². The zero-order valence-corrected chi connectivity index (χ0v) is 11.4. The molecule has 0 heterocycles. The highest BCUT2D eigenvalue weighted by Gasteiger charge is 2.26. The molecule has 3 unspecified atom stereocenters. The Morgan fingerprint density at radius 1 is 1.25 bits per heavy atom. The molecule has 0 aliphatic heterocycles. The predicted molar refractivity (Wildman–Crippen MR) is 71.5 cm³/mol. The van der Waals surface area contributed by atoms with Crippen LogP contribution in [-0.2, 0) is 0 Å². The highest BCUT2D eigenvalue weighted by Crippen LogP contribution is 2.28. The molecule has 2 nitrogen and oxygen atoms in total. The summed E-state index contributed by atoms with van der Waals surface area (Å²) < 4.78 is 0. The summed E-state index contributed by atoms with van der Waals surface area (Å²) in [5.41, 5.74) is 6.25. The van der Waals surface area contributed by atoms with Crippen molar-refractivity contribution in [1.82, 2.24) is 4.90 Å². The molecule has 1 fully saturated rings. The molecule has 0 amide bonds. The summed E-state index contributed by atoms with van der Waals surface area (Å²) in [6, 6.07) is 0.451. The number of unbranched alkanes of at least 4 members (excludes halogenated alkanes) is 1. The van der Waals surface area contributed by atoms with Crippen LogP contribution in [0.5, 0.6) is 0 Å². The van der Waals surface area contributed by atoms with Crippen molar-refractivity contribution >= 4 is 0 Å². The van der Waals surface area contributed by atoms with Crippen molar-refractivity contribution in [3.63, 3.8) is 0 Å². The van der Waals surface area contributed by atoms with Crippen molar-refractivity contribution in [2.75, 3.05) is 19.6 Å². The van der Waals surface area contributed by atoms with Crippen LogP contribution in [0.25, 0.3) is 0 Å². The van der Waals surface area contributed by atoms with Gasteiger partial charge in [-0.15, -0.1) is 0 Å². The first-order valence-electron chi connectivity index (χ1n) is 7.15. The van der Waals surface area contributed by atoms with Crippen molar-refractivity contribution in [2.45, 2.75) is 58.9 Å². The van der Waals surface area contributed by atoms with E-state index in [2.05, 4.69) is 25.7 Å². The molecule has 0 radical (unpaired) electrons. The average molecular weight is 226 g/mol. The first kappa shape index (κ1) is 14.0. The third kappa shape index (κ3) is 4.42. The molecule has 0 aromatic rings. The van der Waals surface area contributed by atoms with Crippen molar-refractivity contribution < 1.29 is 0 Å². The minimum absolute atomic E-state index is 0.451. The number of hydrogen-bond acceptors (Lipinski definition) is 2. The molecule has 16 heavy (non-hydrogen) atoms. The molecule has 1 rings (SSSR count). The molecule has 2 heteroatoms. The zero-order valence-electron chi connectivity index (χ0n) is 11.4. The molecule has 0 saturated heterocycles. The maximum atomic E-state index is 6.25. The fourth-order valence-electron chi connectivity index (χ4n) is 2.82. The van der Waals surface area contributed by atoms with Gasteiger partial charge >= 0.3 is 0 Å². The summed E-state index contributed by atoms with van der Waals surface area (Å²) in [6.45, 7) is 10.6. The quantitative estimate of drug-likeness (QED) is 0.754. The lowest BCUT2D eigenvalue weighted by Crippen LogP contribution is -2.43. The molecule has 1 aliphatic carbocycles. The van der Waals surface area contributed by atoms with Crippen molar-refractivity contribution in [1.29, 1.82) is 0 Å². The smallest absolute Gasteiger partial charge is 0.00795 e. The van der Waals surface area contributed by atoms with Crippen LogP contribution in [0.3, 0.4) is 0 Å². The van der Waals surface area contributed by atoms with Gasteiger partial charge in [0.25, 0.3) is 0 Å². The van der Waals surface area contributed by atoms with E-state index in [1.54, 1.807) is 0 Å². The van der Waals surface area contributed by atoms with E-state index in [0.29, 0.717) is 6.04 Å². The molecular formula is C14H30N2. The Kier molecular flexibility index (Phi) is 6.37. The minimum atomic E-state index is 0.451. The lowest BCUT2D eigenvalue weighted by atomic mass is 9.79. The van der Waals surface area contributed by atoms with Crippen LogP contribution < -0.4 is 5.73 Å². The Balaban J connectivity index is 2.36.